The topological polar surface area (TPSA) is 76.3 Å². The van der Waals surface area contributed by atoms with Crippen molar-refractivity contribution in [2.75, 3.05) is 14.1 Å². The third-order valence-electron chi connectivity index (χ3n) is 2.89. The Morgan fingerprint density at radius 1 is 1.17 bits per heavy atom. The number of amides is 1. The number of carbonyl (C=O) groups is 2. The molecule has 2 aromatic rings. The molecule has 2 rings (SSSR count). The lowest BCUT2D eigenvalue weighted by Crippen LogP contribution is -2.30. The Kier molecular flexibility index (Phi) is 4.48. The first-order chi connectivity index (χ1) is 10.7. The first kappa shape index (κ1) is 16.7. The van der Waals surface area contributed by atoms with E-state index in [2.05, 4.69) is 14.7 Å². The Morgan fingerprint density at radius 2 is 1.78 bits per heavy atom. The molecule has 9 heteroatoms. The number of carbonyl (C=O) groups excluding carboxylic acids is 2. The van der Waals surface area contributed by atoms with Crippen LogP contribution in [0.4, 0.5) is 13.2 Å². The van der Waals surface area contributed by atoms with Gasteiger partial charge in [-0.3, -0.25) is 9.59 Å². The summed E-state index contributed by atoms with van der Waals surface area (Å²) >= 11 is 0. The van der Waals surface area contributed by atoms with Crippen LogP contribution in [0.1, 0.15) is 11.5 Å². The Bertz CT molecular complexity index is 721. The molecule has 0 saturated carbocycles. The van der Waals surface area contributed by atoms with Gasteiger partial charge in [0.05, 0.1) is 0 Å². The van der Waals surface area contributed by atoms with Crippen LogP contribution in [-0.2, 0) is 22.2 Å². The number of aromatic nitrogens is 2. The van der Waals surface area contributed by atoms with E-state index >= 15 is 0 Å². The summed E-state index contributed by atoms with van der Waals surface area (Å²) in [6.07, 6.45) is -4.80. The van der Waals surface area contributed by atoms with Crippen molar-refractivity contribution >= 4 is 11.7 Å². The molecule has 0 aliphatic heterocycles. The predicted octanol–water partition coefficient (Wildman–Crippen LogP) is 1.96. The molecule has 0 bridgehead atoms. The van der Waals surface area contributed by atoms with Crippen molar-refractivity contribution in [3.8, 4) is 11.4 Å². The van der Waals surface area contributed by atoms with Crippen molar-refractivity contribution in [1.82, 2.24) is 15.0 Å². The maximum absolute atomic E-state index is 12.4. The molecule has 0 atom stereocenters. The van der Waals surface area contributed by atoms with E-state index < -0.39 is 23.8 Å². The van der Waals surface area contributed by atoms with Crippen LogP contribution in [0, 0.1) is 0 Å². The minimum atomic E-state index is -4.70. The van der Waals surface area contributed by atoms with Crippen LogP contribution < -0.4 is 0 Å². The number of halogens is 3. The van der Waals surface area contributed by atoms with Gasteiger partial charge in [-0.1, -0.05) is 29.4 Å². The van der Waals surface area contributed by atoms with E-state index in [0.29, 0.717) is 11.1 Å². The fraction of sp³-hybridized carbons (Fsp3) is 0.286. The molecular weight excluding hydrogens is 315 g/mol. The zero-order valence-electron chi connectivity index (χ0n) is 12.2. The van der Waals surface area contributed by atoms with E-state index in [1.807, 2.05) is 0 Å². The lowest BCUT2D eigenvalue weighted by atomic mass is 10.1. The number of nitrogens with zero attached hydrogens (tertiary/aromatic N) is 3. The second-order valence-electron chi connectivity index (χ2n) is 4.92. The van der Waals surface area contributed by atoms with Gasteiger partial charge in [0, 0.05) is 26.1 Å². The summed E-state index contributed by atoms with van der Waals surface area (Å²) in [5.41, 5.74) is 0.855. The van der Waals surface area contributed by atoms with Gasteiger partial charge in [-0.15, -0.1) is 0 Å². The summed E-state index contributed by atoms with van der Waals surface area (Å²) in [6.45, 7) is 0. The van der Waals surface area contributed by atoms with E-state index in [0.717, 1.165) is 0 Å². The number of hydrogen-bond acceptors (Lipinski definition) is 5. The number of ketones is 1. The Hall–Kier alpha value is -2.71. The molecule has 1 amide bonds. The standard InChI is InChI=1S/C14H12F3N3O3/c1-20(2)12(22)10(21)7-8-3-5-9(6-4-8)11-18-13(23-19-11)14(15,16)17/h3-6H,7H2,1-2H3. The lowest BCUT2D eigenvalue weighted by molar-refractivity contribution is -0.159. The number of likely N-dealkylation sites (N-methyl/N-ethyl adjacent to an activating group) is 1. The molecule has 0 aliphatic carbocycles. The zero-order valence-corrected chi connectivity index (χ0v) is 12.2. The van der Waals surface area contributed by atoms with Gasteiger partial charge < -0.3 is 9.42 Å². The minimum Gasteiger partial charge on any atom is -0.342 e. The maximum Gasteiger partial charge on any atom is 0.471 e. The Balaban J connectivity index is 2.12. The van der Waals surface area contributed by atoms with Crippen LogP contribution in [0.25, 0.3) is 11.4 Å². The predicted molar refractivity (Wildman–Crippen MR) is 72.1 cm³/mol. The first-order valence-corrected chi connectivity index (χ1v) is 6.43. The SMILES string of the molecule is CN(C)C(=O)C(=O)Cc1ccc(-c2noc(C(F)(F)F)n2)cc1. The molecule has 122 valence electrons. The number of benzene rings is 1. The van der Waals surface area contributed by atoms with Crippen molar-refractivity contribution in [1.29, 1.82) is 0 Å². The monoisotopic (exact) mass is 327 g/mol. The summed E-state index contributed by atoms with van der Waals surface area (Å²) in [7, 11) is 2.94. The summed E-state index contributed by atoms with van der Waals surface area (Å²) in [5, 5.41) is 3.26. The molecule has 23 heavy (non-hydrogen) atoms. The molecular formula is C14H12F3N3O3. The minimum absolute atomic E-state index is 0.0999. The highest BCUT2D eigenvalue weighted by molar-refractivity contribution is 6.36. The van der Waals surface area contributed by atoms with Crippen molar-refractivity contribution in [2.24, 2.45) is 0 Å². The second kappa shape index (κ2) is 6.19. The van der Waals surface area contributed by atoms with Gasteiger partial charge >= 0.3 is 12.1 Å². The van der Waals surface area contributed by atoms with E-state index in [1.54, 1.807) is 0 Å². The van der Waals surface area contributed by atoms with Crippen LogP contribution in [0.3, 0.4) is 0 Å². The number of rotatable bonds is 4. The van der Waals surface area contributed by atoms with Crippen molar-refractivity contribution < 1.29 is 27.3 Å². The van der Waals surface area contributed by atoms with Crippen molar-refractivity contribution in [3.05, 3.63) is 35.7 Å². The van der Waals surface area contributed by atoms with Gasteiger partial charge in [0.2, 0.25) is 11.6 Å². The third kappa shape index (κ3) is 3.93. The van der Waals surface area contributed by atoms with Crippen molar-refractivity contribution in [2.45, 2.75) is 12.6 Å². The van der Waals surface area contributed by atoms with Crippen molar-refractivity contribution in [3.63, 3.8) is 0 Å². The Labute approximate surface area is 128 Å². The molecule has 1 aromatic heterocycles. The van der Waals surface area contributed by atoms with Gasteiger partial charge in [0.15, 0.2) is 0 Å². The zero-order chi connectivity index (χ0) is 17.2. The van der Waals surface area contributed by atoms with Crippen LogP contribution in [0.15, 0.2) is 28.8 Å². The fourth-order valence-corrected chi connectivity index (χ4v) is 1.74. The number of hydrogen-bond donors (Lipinski definition) is 0. The quantitative estimate of drug-likeness (QED) is 0.802. The smallest absolute Gasteiger partial charge is 0.342 e. The van der Waals surface area contributed by atoms with Gasteiger partial charge in [-0.05, 0) is 5.56 Å². The van der Waals surface area contributed by atoms with Gasteiger partial charge in [0.1, 0.15) is 0 Å². The molecule has 0 fully saturated rings. The van der Waals surface area contributed by atoms with E-state index in [-0.39, 0.29) is 12.2 Å². The molecule has 0 radical (unpaired) electrons. The van der Waals surface area contributed by atoms with Gasteiger partial charge in [-0.2, -0.15) is 18.2 Å². The lowest BCUT2D eigenvalue weighted by Gasteiger charge is -2.08. The molecule has 0 spiro atoms. The molecule has 0 aliphatic rings. The highest BCUT2D eigenvalue weighted by Crippen LogP contribution is 2.29. The van der Waals surface area contributed by atoms with Gasteiger partial charge in [-0.25, -0.2) is 0 Å². The summed E-state index contributed by atoms with van der Waals surface area (Å²) in [6, 6.07) is 5.93. The normalized spacial score (nSPS) is 11.3. The highest BCUT2D eigenvalue weighted by atomic mass is 19.4. The Morgan fingerprint density at radius 3 is 2.26 bits per heavy atom. The van der Waals surface area contributed by atoms with Gasteiger partial charge in [0.25, 0.3) is 5.91 Å². The summed E-state index contributed by atoms with van der Waals surface area (Å²) < 4.78 is 41.3. The molecule has 1 aromatic carbocycles. The fourth-order valence-electron chi connectivity index (χ4n) is 1.74. The molecule has 1 heterocycles. The largest absolute Gasteiger partial charge is 0.471 e. The summed E-state index contributed by atoms with van der Waals surface area (Å²) in [4.78, 5) is 27.6. The highest BCUT2D eigenvalue weighted by Gasteiger charge is 2.38. The van der Waals surface area contributed by atoms with Crippen LogP contribution in [0.2, 0.25) is 0 Å². The molecule has 0 saturated heterocycles. The summed E-state index contributed by atoms with van der Waals surface area (Å²) in [5.74, 6) is -2.84. The third-order valence-corrected chi connectivity index (χ3v) is 2.89. The van der Waals surface area contributed by atoms with Crippen LogP contribution in [-0.4, -0.2) is 40.8 Å². The van der Waals surface area contributed by atoms with E-state index in [9.17, 15) is 22.8 Å². The maximum atomic E-state index is 12.4. The number of alkyl halides is 3. The average Bonchev–Trinajstić information content (AvgIpc) is 2.97. The molecule has 6 nitrogen and oxygen atoms in total. The second-order valence-corrected chi connectivity index (χ2v) is 4.92. The molecule has 0 unspecified atom stereocenters. The van der Waals surface area contributed by atoms with Crippen LogP contribution in [0.5, 0.6) is 0 Å². The number of Topliss-reactive ketones (excluding diaryl/α,β-unsaturated/α-hetero) is 1. The van der Waals surface area contributed by atoms with Crippen LogP contribution >= 0.6 is 0 Å². The average molecular weight is 327 g/mol. The molecule has 0 N–H and O–H groups in total. The van der Waals surface area contributed by atoms with E-state index in [4.69, 9.17) is 0 Å². The van der Waals surface area contributed by atoms with E-state index in [1.165, 1.54) is 43.3 Å². The first-order valence-electron chi connectivity index (χ1n) is 6.43.